The van der Waals surface area contributed by atoms with Crippen LogP contribution in [0.1, 0.15) is 63.0 Å². The summed E-state index contributed by atoms with van der Waals surface area (Å²) in [6.45, 7) is 2.18. The van der Waals surface area contributed by atoms with Crippen molar-refractivity contribution in [2.75, 3.05) is 21.3 Å². The Bertz CT molecular complexity index is 519. The topological polar surface area (TPSA) is 27.7 Å². The minimum Gasteiger partial charge on any atom is -0.331 e. The fourth-order valence-electron chi connectivity index (χ4n) is 3.48. The van der Waals surface area contributed by atoms with Crippen molar-refractivity contribution in [1.29, 1.82) is 0 Å². The summed E-state index contributed by atoms with van der Waals surface area (Å²) in [5.74, 6) is -1.48. The zero-order chi connectivity index (χ0) is 20.3. The first-order valence-electron chi connectivity index (χ1n) is 9.64. The molecule has 0 aliphatic rings. The number of halogens is 3. The van der Waals surface area contributed by atoms with Crippen LogP contribution >= 0.6 is 0 Å². The van der Waals surface area contributed by atoms with E-state index >= 15 is 0 Å². The van der Waals surface area contributed by atoms with Crippen molar-refractivity contribution in [3.8, 4) is 0 Å². The van der Waals surface area contributed by atoms with Gasteiger partial charge in [-0.25, -0.2) is 0 Å². The van der Waals surface area contributed by atoms with Crippen molar-refractivity contribution in [1.82, 2.24) is 0 Å². The summed E-state index contributed by atoms with van der Waals surface area (Å²) >= 11 is 0. The summed E-state index contributed by atoms with van der Waals surface area (Å²) in [4.78, 5) is 0. The van der Waals surface area contributed by atoms with Crippen LogP contribution in [0, 0.1) is 5.92 Å². The molecule has 1 aromatic carbocycles. The van der Waals surface area contributed by atoms with Crippen molar-refractivity contribution in [3.05, 3.63) is 35.4 Å². The van der Waals surface area contributed by atoms with E-state index in [2.05, 4.69) is 6.92 Å². The van der Waals surface area contributed by atoms with E-state index in [1.54, 1.807) is 6.07 Å². The molecule has 0 heterocycles. The van der Waals surface area contributed by atoms with Gasteiger partial charge in [-0.2, -0.15) is 13.2 Å². The lowest BCUT2D eigenvalue weighted by atomic mass is 9.90. The van der Waals surface area contributed by atoms with Crippen LogP contribution in [0.2, 0.25) is 0 Å². The summed E-state index contributed by atoms with van der Waals surface area (Å²) in [5, 5.41) is 0. The largest absolute Gasteiger partial charge is 0.416 e. The van der Waals surface area contributed by atoms with Gasteiger partial charge in [0.25, 0.3) is 5.97 Å². The van der Waals surface area contributed by atoms with Gasteiger partial charge in [0.1, 0.15) is 0 Å². The van der Waals surface area contributed by atoms with Crippen LogP contribution in [0.25, 0.3) is 0 Å². The number of hydrogen-bond acceptors (Lipinski definition) is 3. The van der Waals surface area contributed by atoms with Gasteiger partial charge in [-0.1, -0.05) is 63.6 Å². The lowest BCUT2D eigenvalue weighted by Gasteiger charge is -2.36. The van der Waals surface area contributed by atoms with E-state index in [0.717, 1.165) is 31.7 Å². The average molecular weight is 390 g/mol. The standard InChI is InChI=1S/C21H33F3O3/c1-5-6-7-8-9-10-13-19(21(25-2,26-3)27-4)16-17-12-11-14-18(15-17)20(22,23)24/h11-12,14-15,19H,5-10,13,16H2,1-4H3. The lowest BCUT2D eigenvalue weighted by Crippen LogP contribution is -2.45. The normalized spacial score (nSPS) is 13.7. The molecule has 0 aromatic heterocycles. The second-order valence-corrected chi connectivity index (χ2v) is 6.87. The molecular weight excluding hydrogens is 357 g/mol. The van der Waals surface area contributed by atoms with E-state index in [9.17, 15) is 13.2 Å². The van der Waals surface area contributed by atoms with Crippen LogP contribution in [0.5, 0.6) is 0 Å². The van der Waals surface area contributed by atoms with Crippen molar-refractivity contribution >= 4 is 0 Å². The van der Waals surface area contributed by atoms with E-state index in [0.29, 0.717) is 12.0 Å². The number of methoxy groups -OCH3 is 3. The minimum absolute atomic E-state index is 0.216. The number of hydrogen-bond donors (Lipinski definition) is 0. The van der Waals surface area contributed by atoms with E-state index < -0.39 is 17.7 Å². The third-order valence-corrected chi connectivity index (χ3v) is 5.00. The minimum atomic E-state index is -4.36. The number of rotatable bonds is 13. The molecule has 0 N–H and O–H groups in total. The summed E-state index contributed by atoms with van der Waals surface area (Å²) < 4.78 is 55.5. The molecule has 6 heteroatoms. The summed E-state index contributed by atoms with van der Waals surface area (Å²) in [7, 11) is 4.48. The highest BCUT2D eigenvalue weighted by Gasteiger charge is 2.40. The Morgan fingerprint density at radius 3 is 2.04 bits per heavy atom. The van der Waals surface area contributed by atoms with E-state index in [1.807, 2.05) is 0 Å². The monoisotopic (exact) mass is 390 g/mol. The molecule has 156 valence electrons. The van der Waals surface area contributed by atoms with Gasteiger partial charge in [0.15, 0.2) is 0 Å². The Hall–Kier alpha value is -1.11. The fraction of sp³-hybridized carbons (Fsp3) is 0.714. The molecule has 0 saturated carbocycles. The molecular formula is C21H33F3O3. The Morgan fingerprint density at radius 1 is 0.889 bits per heavy atom. The van der Waals surface area contributed by atoms with Crippen molar-refractivity contribution in [2.45, 2.75) is 70.4 Å². The average Bonchev–Trinajstić information content (AvgIpc) is 2.65. The van der Waals surface area contributed by atoms with Crippen LogP contribution in [0.4, 0.5) is 13.2 Å². The van der Waals surface area contributed by atoms with Gasteiger partial charge in [-0.15, -0.1) is 0 Å². The molecule has 1 atom stereocenters. The van der Waals surface area contributed by atoms with Gasteiger partial charge in [0.05, 0.1) is 5.56 Å². The molecule has 0 spiro atoms. The SMILES string of the molecule is CCCCCCCCC(Cc1cccc(C(F)(F)F)c1)C(OC)(OC)OC. The first-order valence-corrected chi connectivity index (χ1v) is 9.64. The number of alkyl halides is 3. The van der Waals surface area contributed by atoms with Gasteiger partial charge in [-0.3, -0.25) is 0 Å². The Kier molecular flexibility index (Phi) is 10.3. The molecule has 0 fully saturated rings. The van der Waals surface area contributed by atoms with Gasteiger partial charge in [0.2, 0.25) is 0 Å². The highest BCUT2D eigenvalue weighted by molar-refractivity contribution is 5.26. The molecule has 1 aromatic rings. The Balaban J connectivity index is 2.88. The zero-order valence-electron chi connectivity index (χ0n) is 16.9. The van der Waals surface area contributed by atoms with Gasteiger partial charge in [0, 0.05) is 27.2 Å². The lowest BCUT2D eigenvalue weighted by molar-refractivity contribution is -0.379. The molecule has 0 saturated heterocycles. The molecule has 27 heavy (non-hydrogen) atoms. The molecule has 0 aliphatic carbocycles. The van der Waals surface area contributed by atoms with E-state index in [1.165, 1.54) is 52.7 Å². The van der Waals surface area contributed by atoms with Crippen LogP contribution in [0.15, 0.2) is 24.3 Å². The van der Waals surface area contributed by atoms with Crippen LogP contribution in [0.3, 0.4) is 0 Å². The molecule has 1 unspecified atom stereocenters. The first kappa shape index (κ1) is 23.9. The number of benzene rings is 1. The van der Waals surface area contributed by atoms with Crippen LogP contribution in [-0.2, 0) is 26.8 Å². The summed E-state index contributed by atoms with van der Waals surface area (Å²) in [6.07, 6.45) is 3.59. The first-order chi connectivity index (χ1) is 12.8. The molecule has 0 aliphatic heterocycles. The predicted octanol–water partition coefficient (Wildman–Crippen LogP) is 6.21. The molecule has 0 bridgehead atoms. The highest BCUT2D eigenvalue weighted by Crippen LogP contribution is 2.34. The molecule has 0 amide bonds. The van der Waals surface area contributed by atoms with Gasteiger partial charge in [-0.05, 0) is 24.5 Å². The van der Waals surface area contributed by atoms with E-state index in [-0.39, 0.29) is 5.92 Å². The number of unbranched alkanes of at least 4 members (excludes halogenated alkanes) is 5. The Labute approximate surface area is 161 Å². The summed E-state index contributed by atoms with van der Waals surface area (Å²) in [6, 6.07) is 5.42. The zero-order valence-corrected chi connectivity index (χ0v) is 16.9. The molecule has 0 radical (unpaired) electrons. The second kappa shape index (κ2) is 11.7. The van der Waals surface area contributed by atoms with Crippen molar-refractivity contribution in [2.24, 2.45) is 5.92 Å². The third kappa shape index (κ3) is 7.43. The maximum absolute atomic E-state index is 13.0. The highest BCUT2D eigenvalue weighted by atomic mass is 19.4. The summed E-state index contributed by atoms with van der Waals surface area (Å²) in [5.41, 5.74) is -0.0486. The van der Waals surface area contributed by atoms with Crippen LogP contribution < -0.4 is 0 Å². The van der Waals surface area contributed by atoms with Gasteiger partial charge < -0.3 is 14.2 Å². The van der Waals surface area contributed by atoms with E-state index in [4.69, 9.17) is 14.2 Å². The quantitative estimate of drug-likeness (QED) is 0.296. The maximum atomic E-state index is 13.0. The van der Waals surface area contributed by atoms with Crippen LogP contribution in [-0.4, -0.2) is 27.3 Å². The Morgan fingerprint density at radius 2 is 1.48 bits per heavy atom. The third-order valence-electron chi connectivity index (χ3n) is 5.00. The van der Waals surface area contributed by atoms with Gasteiger partial charge >= 0.3 is 6.18 Å². The number of ether oxygens (including phenoxy) is 3. The smallest absolute Gasteiger partial charge is 0.331 e. The van der Waals surface area contributed by atoms with Crippen molar-refractivity contribution in [3.63, 3.8) is 0 Å². The molecule has 1 rings (SSSR count). The maximum Gasteiger partial charge on any atom is 0.416 e. The van der Waals surface area contributed by atoms with Crippen molar-refractivity contribution < 1.29 is 27.4 Å². The second-order valence-electron chi connectivity index (χ2n) is 6.87. The fourth-order valence-corrected chi connectivity index (χ4v) is 3.48. The molecule has 3 nitrogen and oxygen atoms in total. The predicted molar refractivity (Wildman–Crippen MR) is 100 cm³/mol.